The van der Waals surface area contributed by atoms with Crippen LogP contribution in [-0.4, -0.2) is 33.6 Å². The topological polar surface area (TPSA) is 110 Å². The number of hydrogen-bond donors (Lipinski definition) is 1. The molecule has 8 nitrogen and oxygen atoms in total. The summed E-state index contributed by atoms with van der Waals surface area (Å²) in [5, 5.41) is 13.0. The molecule has 1 N–H and O–H groups in total. The minimum absolute atomic E-state index is 0.0917. The number of imide groups is 1. The van der Waals surface area contributed by atoms with Gasteiger partial charge in [-0.15, -0.1) is 0 Å². The van der Waals surface area contributed by atoms with Crippen LogP contribution in [-0.2, 0) is 14.4 Å². The van der Waals surface area contributed by atoms with Crippen molar-refractivity contribution in [3.8, 4) is 0 Å². The summed E-state index contributed by atoms with van der Waals surface area (Å²) in [4.78, 5) is 46.0. The van der Waals surface area contributed by atoms with Gasteiger partial charge in [-0.05, 0) is 19.1 Å². The zero-order valence-electron chi connectivity index (χ0n) is 11.2. The van der Waals surface area contributed by atoms with Crippen molar-refractivity contribution in [2.45, 2.75) is 25.8 Å². The molecule has 2 rings (SSSR count). The molecule has 1 heterocycles. The van der Waals surface area contributed by atoms with Gasteiger partial charge in [-0.1, -0.05) is 0 Å². The van der Waals surface area contributed by atoms with E-state index in [1.165, 1.54) is 31.2 Å². The Bertz CT molecular complexity index is 595. The van der Waals surface area contributed by atoms with Crippen molar-refractivity contribution in [3.63, 3.8) is 0 Å². The average Bonchev–Trinajstić information content (AvgIpc) is 2.78. The summed E-state index contributed by atoms with van der Waals surface area (Å²) in [5.74, 6) is -1.26. The van der Waals surface area contributed by atoms with Gasteiger partial charge in [0.15, 0.2) is 0 Å². The molecule has 1 fully saturated rings. The van der Waals surface area contributed by atoms with Crippen molar-refractivity contribution in [3.05, 3.63) is 34.4 Å². The number of carbonyl (C=O) groups is 3. The van der Waals surface area contributed by atoms with Crippen LogP contribution < -0.4 is 5.32 Å². The second-order valence-electron chi connectivity index (χ2n) is 4.63. The Morgan fingerprint density at radius 1 is 1.24 bits per heavy atom. The number of amides is 3. The SMILES string of the molecule is C[C@@H](C(=O)Nc1ccc([N+](=O)[O-])cc1)N1C(=O)CCC1=O. The number of likely N-dealkylation sites (tertiary alicyclic amines) is 1. The Balaban J connectivity index is 2.05. The lowest BCUT2D eigenvalue weighted by Gasteiger charge is -2.21. The molecule has 8 heteroatoms. The van der Waals surface area contributed by atoms with Gasteiger partial charge in [-0.25, -0.2) is 0 Å². The van der Waals surface area contributed by atoms with Crippen LogP contribution in [0, 0.1) is 10.1 Å². The van der Waals surface area contributed by atoms with E-state index in [1.807, 2.05) is 0 Å². The van der Waals surface area contributed by atoms with E-state index in [0.29, 0.717) is 5.69 Å². The molecule has 21 heavy (non-hydrogen) atoms. The molecule has 110 valence electrons. The Morgan fingerprint density at radius 3 is 2.24 bits per heavy atom. The van der Waals surface area contributed by atoms with Gasteiger partial charge in [0, 0.05) is 30.7 Å². The molecular formula is C13H13N3O5. The van der Waals surface area contributed by atoms with Gasteiger partial charge in [-0.3, -0.25) is 29.4 Å². The van der Waals surface area contributed by atoms with Gasteiger partial charge in [-0.2, -0.15) is 0 Å². The van der Waals surface area contributed by atoms with Crippen LogP contribution in [0.1, 0.15) is 19.8 Å². The summed E-state index contributed by atoms with van der Waals surface area (Å²) in [6, 6.07) is 4.37. The number of carbonyl (C=O) groups excluding carboxylic acids is 3. The number of rotatable bonds is 4. The summed E-state index contributed by atoms with van der Waals surface area (Å²) < 4.78 is 0. The number of nitrogens with zero attached hydrogens (tertiary/aromatic N) is 2. The first-order valence-electron chi connectivity index (χ1n) is 6.30. The van der Waals surface area contributed by atoms with Crippen molar-refractivity contribution in [1.82, 2.24) is 4.90 Å². The van der Waals surface area contributed by atoms with Crippen LogP contribution in [0.4, 0.5) is 11.4 Å². The molecule has 1 atom stereocenters. The van der Waals surface area contributed by atoms with Gasteiger partial charge in [0.2, 0.25) is 17.7 Å². The van der Waals surface area contributed by atoms with E-state index in [0.717, 1.165) is 4.90 Å². The number of benzene rings is 1. The number of nitro groups is 1. The van der Waals surface area contributed by atoms with E-state index in [4.69, 9.17) is 0 Å². The summed E-state index contributed by atoms with van der Waals surface area (Å²) in [5.41, 5.74) is 0.266. The molecule has 1 aromatic carbocycles. The fourth-order valence-electron chi connectivity index (χ4n) is 2.06. The highest BCUT2D eigenvalue weighted by Gasteiger charge is 2.36. The number of anilines is 1. The monoisotopic (exact) mass is 291 g/mol. The molecule has 0 bridgehead atoms. The number of non-ortho nitro benzene ring substituents is 1. The quantitative estimate of drug-likeness (QED) is 0.507. The van der Waals surface area contributed by atoms with Gasteiger partial charge >= 0.3 is 0 Å². The van der Waals surface area contributed by atoms with E-state index in [1.54, 1.807) is 0 Å². The zero-order chi connectivity index (χ0) is 15.6. The van der Waals surface area contributed by atoms with E-state index in [-0.39, 0.29) is 30.3 Å². The molecule has 1 aliphatic rings. The lowest BCUT2D eigenvalue weighted by molar-refractivity contribution is -0.384. The van der Waals surface area contributed by atoms with Crippen LogP contribution in [0.15, 0.2) is 24.3 Å². The summed E-state index contributed by atoms with van der Waals surface area (Å²) in [6.07, 6.45) is 0.238. The van der Waals surface area contributed by atoms with Gasteiger partial charge in [0.25, 0.3) is 5.69 Å². The van der Waals surface area contributed by atoms with Crippen molar-refractivity contribution >= 4 is 29.1 Å². The largest absolute Gasteiger partial charge is 0.324 e. The molecule has 0 radical (unpaired) electrons. The summed E-state index contributed by atoms with van der Waals surface area (Å²) in [7, 11) is 0. The fourth-order valence-corrected chi connectivity index (χ4v) is 2.06. The maximum atomic E-state index is 12.0. The molecule has 1 aromatic rings. The second-order valence-corrected chi connectivity index (χ2v) is 4.63. The Hall–Kier alpha value is -2.77. The molecule has 0 unspecified atom stereocenters. The highest BCUT2D eigenvalue weighted by molar-refractivity contribution is 6.07. The molecule has 1 aliphatic heterocycles. The van der Waals surface area contributed by atoms with Crippen LogP contribution in [0.3, 0.4) is 0 Å². The van der Waals surface area contributed by atoms with E-state index >= 15 is 0 Å². The average molecular weight is 291 g/mol. The molecule has 1 saturated heterocycles. The molecule has 0 spiro atoms. The number of nitro benzene ring substituents is 1. The zero-order valence-corrected chi connectivity index (χ0v) is 11.2. The lowest BCUT2D eigenvalue weighted by atomic mass is 10.2. The van der Waals surface area contributed by atoms with Crippen molar-refractivity contribution in [1.29, 1.82) is 0 Å². The lowest BCUT2D eigenvalue weighted by Crippen LogP contribution is -2.44. The fraction of sp³-hybridized carbons (Fsp3) is 0.308. The highest BCUT2D eigenvalue weighted by atomic mass is 16.6. The Kier molecular flexibility index (Phi) is 3.97. The maximum absolute atomic E-state index is 12.0. The molecular weight excluding hydrogens is 278 g/mol. The first kappa shape index (κ1) is 14.6. The van der Waals surface area contributed by atoms with Gasteiger partial charge < -0.3 is 5.32 Å². The van der Waals surface area contributed by atoms with Crippen molar-refractivity contribution in [2.75, 3.05) is 5.32 Å². The Morgan fingerprint density at radius 2 is 1.76 bits per heavy atom. The van der Waals surface area contributed by atoms with E-state index < -0.39 is 16.9 Å². The molecule has 0 saturated carbocycles. The number of hydrogen-bond acceptors (Lipinski definition) is 5. The van der Waals surface area contributed by atoms with E-state index in [2.05, 4.69) is 5.32 Å². The minimum Gasteiger partial charge on any atom is -0.324 e. The van der Waals surface area contributed by atoms with Gasteiger partial charge in [0.05, 0.1) is 4.92 Å². The Labute approximate surface area is 119 Å². The molecule has 0 aromatic heterocycles. The first-order chi connectivity index (χ1) is 9.90. The molecule has 3 amide bonds. The van der Waals surface area contributed by atoms with E-state index in [9.17, 15) is 24.5 Å². The normalized spacial score (nSPS) is 16.0. The predicted octanol–water partition coefficient (Wildman–Crippen LogP) is 1.07. The third-order valence-electron chi connectivity index (χ3n) is 3.20. The smallest absolute Gasteiger partial charge is 0.269 e. The van der Waals surface area contributed by atoms with Crippen LogP contribution in [0.2, 0.25) is 0 Å². The van der Waals surface area contributed by atoms with Gasteiger partial charge in [0.1, 0.15) is 6.04 Å². The maximum Gasteiger partial charge on any atom is 0.269 e. The second kappa shape index (κ2) is 5.70. The minimum atomic E-state index is -0.914. The first-order valence-corrected chi connectivity index (χ1v) is 6.30. The van der Waals surface area contributed by atoms with Crippen LogP contribution in [0.25, 0.3) is 0 Å². The van der Waals surface area contributed by atoms with Crippen LogP contribution in [0.5, 0.6) is 0 Å². The summed E-state index contributed by atoms with van der Waals surface area (Å²) >= 11 is 0. The van der Waals surface area contributed by atoms with Crippen LogP contribution >= 0.6 is 0 Å². The third-order valence-corrected chi connectivity index (χ3v) is 3.20. The summed E-state index contributed by atoms with van der Waals surface area (Å²) in [6.45, 7) is 1.46. The predicted molar refractivity (Wildman–Crippen MR) is 72.3 cm³/mol. The standard InChI is InChI=1S/C13H13N3O5/c1-8(15-11(17)6-7-12(15)18)13(19)14-9-2-4-10(5-3-9)16(20)21/h2-5,8H,6-7H2,1H3,(H,14,19)/t8-/m0/s1. The van der Waals surface area contributed by atoms with Crippen molar-refractivity contribution < 1.29 is 19.3 Å². The molecule has 0 aliphatic carbocycles. The number of nitrogens with one attached hydrogen (secondary N) is 1. The third kappa shape index (κ3) is 3.04. The van der Waals surface area contributed by atoms with Crippen molar-refractivity contribution in [2.24, 2.45) is 0 Å². The highest BCUT2D eigenvalue weighted by Crippen LogP contribution is 2.18.